The summed E-state index contributed by atoms with van der Waals surface area (Å²) < 4.78 is 27.2. The van der Waals surface area contributed by atoms with Gasteiger partial charge < -0.3 is 10.2 Å². The molecule has 7 nitrogen and oxygen atoms in total. The molecule has 3 aromatic rings. The largest absolute Gasteiger partial charge is 0.344 e. The van der Waals surface area contributed by atoms with E-state index < -0.39 is 16.1 Å². The van der Waals surface area contributed by atoms with Crippen molar-refractivity contribution in [3.05, 3.63) is 65.5 Å². The summed E-state index contributed by atoms with van der Waals surface area (Å²) in [5, 5.41) is 6.76. The van der Waals surface area contributed by atoms with Crippen LogP contribution >= 0.6 is 11.3 Å². The first kappa shape index (κ1) is 24.4. The molecule has 1 aliphatic heterocycles. The lowest BCUT2D eigenvalue weighted by molar-refractivity contribution is -0.138. The molecule has 2 amide bonds. The van der Waals surface area contributed by atoms with Crippen molar-refractivity contribution in [2.45, 2.75) is 30.5 Å². The number of hydrogen-bond donors (Lipinski definition) is 1. The highest BCUT2D eigenvalue weighted by Gasteiger charge is 2.34. The monoisotopic (exact) mass is 499 g/mol. The summed E-state index contributed by atoms with van der Waals surface area (Å²) in [4.78, 5) is 27.8. The Labute approximate surface area is 204 Å². The van der Waals surface area contributed by atoms with E-state index in [0.29, 0.717) is 17.3 Å². The molecule has 1 aromatic heterocycles. The molecule has 34 heavy (non-hydrogen) atoms. The molecule has 2 heterocycles. The third-order valence-corrected chi connectivity index (χ3v) is 9.39. The molecule has 0 spiro atoms. The maximum atomic E-state index is 13.3. The van der Waals surface area contributed by atoms with Crippen molar-refractivity contribution in [2.24, 2.45) is 5.92 Å². The summed E-state index contributed by atoms with van der Waals surface area (Å²) in [6.07, 6.45) is 0.185. The van der Waals surface area contributed by atoms with Crippen LogP contribution in [0.25, 0.3) is 10.8 Å². The van der Waals surface area contributed by atoms with E-state index in [9.17, 15) is 18.0 Å². The van der Waals surface area contributed by atoms with E-state index in [0.717, 1.165) is 16.3 Å². The Balaban J connectivity index is 1.39. The Bertz CT molecular complexity index is 1260. The van der Waals surface area contributed by atoms with Gasteiger partial charge in [0, 0.05) is 26.2 Å². The van der Waals surface area contributed by atoms with Gasteiger partial charge in [0.25, 0.3) is 10.0 Å². The number of carbonyl (C=O) groups is 2. The molecular weight excluding hydrogens is 470 g/mol. The van der Waals surface area contributed by atoms with Gasteiger partial charge in [-0.15, -0.1) is 11.3 Å². The topological polar surface area (TPSA) is 86.8 Å². The van der Waals surface area contributed by atoms with Crippen molar-refractivity contribution < 1.29 is 18.0 Å². The molecule has 0 bridgehead atoms. The Hall–Kier alpha value is -2.75. The zero-order chi connectivity index (χ0) is 24.3. The predicted molar refractivity (Wildman–Crippen MR) is 134 cm³/mol. The van der Waals surface area contributed by atoms with E-state index >= 15 is 0 Å². The van der Waals surface area contributed by atoms with E-state index in [1.165, 1.54) is 15.6 Å². The first-order valence-electron chi connectivity index (χ1n) is 11.4. The van der Waals surface area contributed by atoms with Crippen LogP contribution in [0.1, 0.15) is 19.4 Å². The zero-order valence-electron chi connectivity index (χ0n) is 19.3. The van der Waals surface area contributed by atoms with Gasteiger partial charge in [-0.05, 0) is 33.7 Å². The minimum absolute atomic E-state index is 0.100. The summed E-state index contributed by atoms with van der Waals surface area (Å²) >= 11 is 1.19. The maximum Gasteiger partial charge on any atom is 0.252 e. The van der Waals surface area contributed by atoms with Crippen molar-refractivity contribution in [1.82, 2.24) is 14.5 Å². The molecule has 0 aliphatic carbocycles. The van der Waals surface area contributed by atoms with E-state index in [2.05, 4.69) is 5.32 Å². The van der Waals surface area contributed by atoms with Gasteiger partial charge in [0.1, 0.15) is 10.3 Å². The van der Waals surface area contributed by atoms with Gasteiger partial charge in [0.2, 0.25) is 11.8 Å². The van der Waals surface area contributed by atoms with Gasteiger partial charge >= 0.3 is 0 Å². The second-order valence-corrected chi connectivity index (χ2v) is 11.9. The van der Waals surface area contributed by atoms with Crippen LogP contribution in [-0.2, 0) is 26.0 Å². The quantitative estimate of drug-likeness (QED) is 0.541. The van der Waals surface area contributed by atoms with Crippen molar-refractivity contribution in [1.29, 1.82) is 0 Å². The van der Waals surface area contributed by atoms with Crippen molar-refractivity contribution in [2.75, 3.05) is 26.2 Å². The number of fused-ring (bicyclic) bond motifs is 1. The van der Waals surface area contributed by atoms with Gasteiger partial charge in [-0.25, -0.2) is 8.42 Å². The minimum atomic E-state index is -3.53. The summed E-state index contributed by atoms with van der Waals surface area (Å²) in [7, 11) is -3.53. The number of piperazine rings is 1. The molecule has 4 rings (SSSR count). The molecule has 180 valence electrons. The van der Waals surface area contributed by atoms with Crippen LogP contribution < -0.4 is 5.32 Å². The van der Waals surface area contributed by atoms with Gasteiger partial charge in [0.15, 0.2) is 0 Å². The van der Waals surface area contributed by atoms with Gasteiger partial charge in [-0.2, -0.15) is 4.31 Å². The van der Waals surface area contributed by atoms with Crippen molar-refractivity contribution in [3.8, 4) is 0 Å². The number of amides is 2. The smallest absolute Gasteiger partial charge is 0.252 e. The first-order valence-corrected chi connectivity index (χ1v) is 13.7. The van der Waals surface area contributed by atoms with E-state index in [1.54, 1.807) is 22.4 Å². The van der Waals surface area contributed by atoms with Crippen LogP contribution in [0, 0.1) is 5.92 Å². The van der Waals surface area contributed by atoms with E-state index in [4.69, 9.17) is 0 Å². The van der Waals surface area contributed by atoms with Gasteiger partial charge in [-0.1, -0.05) is 62.4 Å². The van der Waals surface area contributed by atoms with Crippen molar-refractivity contribution in [3.63, 3.8) is 0 Å². The fourth-order valence-corrected chi connectivity index (χ4v) is 6.81. The predicted octanol–water partition coefficient (Wildman–Crippen LogP) is 3.12. The number of carbonyl (C=O) groups excluding carboxylic acids is 2. The molecule has 1 N–H and O–H groups in total. The third-order valence-electron chi connectivity index (χ3n) is 6.12. The number of rotatable bonds is 7. The number of benzene rings is 2. The van der Waals surface area contributed by atoms with Crippen LogP contribution in [-0.4, -0.2) is 61.7 Å². The highest BCUT2D eigenvalue weighted by Crippen LogP contribution is 2.23. The average Bonchev–Trinajstić information content (AvgIpc) is 3.38. The summed E-state index contributed by atoms with van der Waals surface area (Å²) in [5.74, 6) is -0.478. The van der Waals surface area contributed by atoms with Crippen LogP contribution in [0.5, 0.6) is 0 Å². The SMILES string of the molecule is CC(C)[C@H](NC(=O)Cc1cccc2ccccc12)C(=O)N1CCN(S(=O)(=O)c2cccs2)CC1. The molecule has 0 unspecified atom stereocenters. The lowest BCUT2D eigenvalue weighted by atomic mass is 10.00. The number of hydrogen-bond acceptors (Lipinski definition) is 5. The maximum absolute atomic E-state index is 13.3. The minimum Gasteiger partial charge on any atom is -0.344 e. The summed E-state index contributed by atoms with van der Waals surface area (Å²) in [6.45, 7) is 4.87. The molecule has 2 aromatic carbocycles. The molecule has 1 aliphatic rings. The van der Waals surface area contributed by atoms with E-state index in [1.807, 2.05) is 56.3 Å². The van der Waals surface area contributed by atoms with Crippen LogP contribution in [0.4, 0.5) is 0 Å². The molecule has 1 saturated heterocycles. The third kappa shape index (κ3) is 5.16. The average molecular weight is 500 g/mol. The zero-order valence-corrected chi connectivity index (χ0v) is 20.9. The second-order valence-electron chi connectivity index (χ2n) is 8.77. The standard InChI is InChI=1S/C25H29N3O4S2/c1-18(2)24(26-22(29)17-20-9-5-8-19-7-3-4-10-21(19)20)25(30)27-12-14-28(15-13-27)34(31,32)23-11-6-16-33-23/h3-11,16,18,24H,12-15,17H2,1-2H3,(H,26,29)/t24-/m0/s1. The van der Waals surface area contributed by atoms with Crippen LogP contribution in [0.2, 0.25) is 0 Å². The highest BCUT2D eigenvalue weighted by atomic mass is 32.2. The fraction of sp³-hybridized carbons (Fsp3) is 0.360. The van der Waals surface area contributed by atoms with Gasteiger partial charge in [-0.3, -0.25) is 9.59 Å². The number of nitrogens with zero attached hydrogens (tertiary/aromatic N) is 2. The van der Waals surface area contributed by atoms with Crippen LogP contribution in [0.3, 0.4) is 0 Å². The second kappa shape index (κ2) is 10.2. The van der Waals surface area contributed by atoms with Crippen LogP contribution in [0.15, 0.2) is 64.2 Å². The van der Waals surface area contributed by atoms with Gasteiger partial charge in [0.05, 0.1) is 6.42 Å². The molecule has 1 fully saturated rings. The fourth-order valence-electron chi connectivity index (χ4n) is 4.24. The molecule has 0 saturated carbocycles. The molecule has 0 radical (unpaired) electrons. The number of thiophene rings is 1. The Morgan fingerprint density at radius 3 is 2.35 bits per heavy atom. The molecular formula is C25H29N3O4S2. The Morgan fingerprint density at radius 2 is 1.68 bits per heavy atom. The summed E-state index contributed by atoms with van der Waals surface area (Å²) in [5.41, 5.74) is 0.915. The lowest BCUT2D eigenvalue weighted by Crippen LogP contribution is -2.57. The Kier molecular flexibility index (Phi) is 7.35. The lowest BCUT2D eigenvalue weighted by Gasteiger charge is -2.36. The van der Waals surface area contributed by atoms with Crippen molar-refractivity contribution >= 4 is 43.9 Å². The first-order chi connectivity index (χ1) is 16.3. The summed E-state index contributed by atoms with van der Waals surface area (Å²) in [6, 6.07) is 16.4. The molecule has 9 heteroatoms. The van der Waals surface area contributed by atoms with E-state index in [-0.39, 0.29) is 37.2 Å². The number of nitrogens with one attached hydrogen (secondary N) is 1. The molecule has 1 atom stereocenters. The Morgan fingerprint density at radius 1 is 0.971 bits per heavy atom. The number of sulfonamides is 1. The highest BCUT2D eigenvalue weighted by molar-refractivity contribution is 7.91. The normalized spacial score (nSPS) is 16.0.